The first-order valence-electron chi connectivity index (χ1n) is 6.04. The minimum atomic E-state index is -0.215. The molecule has 7 heteroatoms. The molecule has 0 amide bonds. The first-order chi connectivity index (χ1) is 8.77. The summed E-state index contributed by atoms with van der Waals surface area (Å²) in [4.78, 5) is 13.7. The van der Waals surface area contributed by atoms with Gasteiger partial charge in [0.2, 0.25) is 0 Å². The van der Waals surface area contributed by atoms with Crippen molar-refractivity contribution in [2.24, 2.45) is 0 Å². The number of hydrogen-bond donors (Lipinski definition) is 2. The highest BCUT2D eigenvalue weighted by Crippen LogP contribution is 2.14. The van der Waals surface area contributed by atoms with Gasteiger partial charge in [-0.25, -0.2) is 5.10 Å². The molecule has 0 unspecified atom stereocenters. The van der Waals surface area contributed by atoms with Gasteiger partial charge in [0.05, 0.1) is 25.1 Å². The molecule has 2 N–H and O–H groups in total. The molecule has 0 spiro atoms. The summed E-state index contributed by atoms with van der Waals surface area (Å²) >= 11 is 3.24. The van der Waals surface area contributed by atoms with Gasteiger partial charge in [0, 0.05) is 19.6 Å². The second kappa shape index (κ2) is 6.86. The topological polar surface area (TPSA) is 70.2 Å². The van der Waals surface area contributed by atoms with Crippen molar-refractivity contribution in [1.82, 2.24) is 15.1 Å². The van der Waals surface area contributed by atoms with Crippen LogP contribution in [0.5, 0.6) is 0 Å². The van der Waals surface area contributed by atoms with Crippen LogP contribution in [-0.4, -0.2) is 54.5 Å². The van der Waals surface area contributed by atoms with Gasteiger partial charge in [0.1, 0.15) is 4.47 Å². The van der Waals surface area contributed by atoms with Crippen molar-refractivity contribution >= 4 is 21.6 Å². The maximum absolute atomic E-state index is 11.3. The zero-order valence-electron chi connectivity index (χ0n) is 10.1. The standard InChI is InChI=1S/C11H17BrN4O2/c12-10-9(8-14-15-11(10)17)13-2-1-3-16-4-6-18-7-5-16/h8H,1-7H2,(H2,13,15,17). The molecule has 1 fully saturated rings. The van der Waals surface area contributed by atoms with E-state index in [2.05, 4.69) is 36.3 Å². The quantitative estimate of drug-likeness (QED) is 0.781. The van der Waals surface area contributed by atoms with E-state index in [-0.39, 0.29) is 5.56 Å². The monoisotopic (exact) mass is 316 g/mol. The lowest BCUT2D eigenvalue weighted by molar-refractivity contribution is 0.0378. The van der Waals surface area contributed by atoms with Gasteiger partial charge < -0.3 is 10.1 Å². The molecule has 1 saturated heterocycles. The van der Waals surface area contributed by atoms with Crippen LogP contribution in [0, 0.1) is 0 Å². The molecular formula is C11H17BrN4O2. The van der Waals surface area contributed by atoms with Gasteiger partial charge in [-0.3, -0.25) is 9.69 Å². The number of morpholine rings is 1. The van der Waals surface area contributed by atoms with Gasteiger partial charge >= 0.3 is 0 Å². The van der Waals surface area contributed by atoms with Gasteiger partial charge in [-0.05, 0) is 28.9 Å². The van der Waals surface area contributed by atoms with Gasteiger partial charge in [-0.1, -0.05) is 0 Å². The summed E-state index contributed by atoms with van der Waals surface area (Å²) in [5.74, 6) is 0. The number of nitrogens with zero attached hydrogens (tertiary/aromatic N) is 2. The minimum Gasteiger partial charge on any atom is -0.383 e. The lowest BCUT2D eigenvalue weighted by Gasteiger charge is -2.26. The molecule has 0 saturated carbocycles. The van der Waals surface area contributed by atoms with Crippen LogP contribution in [0.1, 0.15) is 6.42 Å². The van der Waals surface area contributed by atoms with Crippen LogP contribution < -0.4 is 10.9 Å². The first-order valence-corrected chi connectivity index (χ1v) is 6.84. The molecule has 0 aliphatic carbocycles. The average Bonchev–Trinajstić information content (AvgIpc) is 2.40. The highest BCUT2D eigenvalue weighted by molar-refractivity contribution is 9.10. The summed E-state index contributed by atoms with van der Waals surface area (Å²) in [6.07, 6.45) is 2.64. The maximum Gasteiger partial charge on any atom is 0.280 e. The SMILES string of the molecule is O=c1[nH]ncc(NCCCN2CCOCC2)c1Br. The van der Waals surface area contributed by atoms with Crippen molar-refractivity contribution in [3.63, 3.8) is 0 Å². The number of nitrogens with one attached hydrogen (secondary N) is 2. The van der Waals surface area contributed by atoms with Crippen molar-refractivity contribution in [2.75, 3.05) is 44.7 Å². The third-order valence-corrected chi connectivity index (χ3v) is 3.65. The number of hydrogen-bond acceptors (Lipinski definition) is 5. The third-order valence-electron chi connectivity index (χ3n) is 2.87. The largest absolute Gasteiger partial charge is 0.383 e. The van der Waals surface area contributed by atoms with E-state index in [0.717, 1.165) is 51.5 Å². The van der Waals surface area contributed by atoms with Crippen LogP contribution in [0.15, 0.2) is 15.5 Å². The Labute approximate surface area is 114 Å². The van der Waals surface area contributed by atoms with Crippen LogP contribution in [0.3, 0.4) is 0 Å². The molecule has 2 heterocycles. The Kier molecular flexibility index (Phi) is 5.15. The lowest BCUT2D eigenvalue weighted by atomic mass is 10.3. The highest BCUT2D eigenvalue weighted by atomic mass is 79.9. The van der Waals surface area contributed by atoms with Crippen LogP contribution in [0.4, 0.5) is 5.69 Å². The third kappa shape index (κ3) is 3.79. The molecule has 0 atom stereocenters. The van der Waals surface area contributed by atoms with E-state index in [1.165, 1.54) is 0 Å². The smallest absolute Gasteiger partial charge is 0.280 e. The summed E-state index contributed by atoms with van der Waals surface area (Å²) < 4.78 is 5.80. The molecular weight excluding hydrogens is 300 g/mol. The normalized spacial score (nSPS) is 16.7. The van der Waals surface area contributed by atoms with Crippen molar-refractivity contribution in [1.29, 1.82) is 0 Å². The molecule has 18 heavy (non-hydrogen) atoms. The Morgan fingerprint density at radius 2 is 2.28 bits per heavy atom. The lowest BCUT2D eigenvalue weighted by Crippen LogP contribution is -2.37. The molecule has 1 aliphatic rings. The summed E-state index contributed by atoms with van der Waals surface area (Å²) in [5.41, 5.74) is 0.522. The fourth-order valence-electron chi connectivity index (χ4n) is 1.86. The second-order valence-electron chi connectivity index (χ2n) is 4.16. The predicted octanol–water partition coefficient (Wildman–Crippen LogP) is 0.667. The number of H-pyrrole nitrogens is 1. The molecule has 1 aromatic rings. The number of ether oxygens (including phenoxy) is 1. The molecule has 0 radical (unpaired) electrons. The Balaban J connectivity index is 1.71. The van der Waals surface area contributed by atoms with Crippen molar-refractivity contribution in [2.45, 2.75) is 6.42 Å². The molecule has 1 aliphatic heterocycles. The van der Waals surface area contributed by atoms with E-state index in [9.17, 15) is 4.79 Å². The van der Waals surface area contributed by atoms with Crippen LogP contribution in [-0.2, 0) is 4.74 Å². The molecule has 0 aromatic carbocycles. The molecule has 1 aromatic heterocycles. The average molecular weight is 317 g/mol. The van der Waals surface area contributed by atoms with E-state index in [1.54, 1.807) is 6.20 Å². The molecule has 100 valence electrons. The number of aromatic amines is 1. The number of aromatic nitrogens is 2. The molecule has 0 bridgehead atoms. The fraction of sp³-hybridized carbons (Fsp3) is 0.636. The first kappa shape index (κ1) is 13.5. The number of anilines is 1. The van der Waals surface area contributed by atoms with Crippen molar-refractivity contribution < 1.29 is 4.74 Å². The second-order valence-corrected chi connectivity index (χ2v) is 4.95. The predicted molar refractivity (Wildman–Crippen MR) is 72.9 cm³/mol. The van der Waals surface area contributed by atoms with Gasteiger partial charge in [-0.2, -0.15) is 5.10 Å². The minimum absolute atomic E-state index is 0.215. The fourth-order valence-corrected chi connectivity index (χ4v) is 2.19. The van der Waals surface area contributed by atoms with Crippen molar-refractivity contribution in [3.8, 4) is 0 Å². The van der Waals surface area contributed by atoms with Crippen LogP contribution in [0.25, 0.3) is 0 Å². The van der Waals surface area contributed by atoms with E-state index < -0.39 is 0 Å². The van der Waals surface area contributed by atoms with E-state index in [4.69, 9.17) is 4.74 Å². The van der Waals surface area contributed by atoms with Gasteiger partial charge in [0.15, 0.2) is 0 Å². The van der Waals surface area contributed by atoms with E-state index in [1.807, 2.05) is 0 Å². The summed E-state index contributed by atoms with van der Waals surface area (Å²) in [6.45, 7) is 5.55. The van der Waals surface area contributed by atoms with E-state index in [0.29, 0.717) is 4.47 Å². The van der Waals surface area contributed by atoms with Gasteiger partial charge in [0.25, 0.3) is 5.56 Å². The Morgan fingerprint density at radius 3 is 3.06 bits per heavy atom. The Morgan fingerprint density at radius 1 is 1.50 bits per heavy atom. The molecule has 2 rings (SSSR count). The molecule has 6 nitrogen and oxygen atoms in total. The Bertz CT molecular complexity index is 431. The summed E-state index contributed by atoms with van der Waals surface area (Å²) in [5, 5.41) is 9.33. The number of rotatable bonds is 5. The van der Waals surface area contributed by atoms with E-state index >= 15 is 0 Å². The van der Waals surface area contributed by atoms with Gasteiger partial charge in [-0.15, -0.1) is 0 Å². The zero-order chi connectivity index (χ0) is 12.8. The van der Waals surface area contributed by atoms with Crippen LogP contribution >= 0.6 is 15.9 Å². The highest BCUT2D eigenvalue weighted by Gasteiger charge is 2.09. The summed E-state index contributed by atoms with van der Waals surface area (Å²) in [6, 6.07) is 0. The number of halogens is 1. The van der Waals surface area contributed by atoms with Crippen molar-refractivity contribution in [3.05, 3.63) is 21.0 Å². The Hall–Kier alpha value is -0.920. The maximum atomic E-state index is 11.3. The zero-order valence-corrected chi connectivity index (χ0v) is 11.7. The van der Waals surface area contributed by atoms with Crippen LogP contribution in [0.2, 0.25) is 0 Å². The summed E-state index contributed by atoms with van der Waals surface area (Å²) in [7, 11) is 0.